The SMILES string of the molecule is CCN(CC)CCOc1ccc([N+]#N)cc1. The Morgan fingerprint density at radius 1 is 1.19 bits per heavy atom. The summed E-state index contributed by atoms with van der Waals surface area (Å²) in [5.41, 5.74) is 0.538. The molecule has 0 saturated heterocycles. The van der Waals surface area contributed by atoms with Gasteiger partial charge in [0, 0.05) is 18.7 Å². The molecule has 0 amide bonds. The van der Waals surface area contributed by atoms with Gasteiger partial charge in [0.2, 0.25) is 5.39 Å². The number of rotatable bonds is 6. The zero-order chi connectivity index (χ0) is 11.8. The number of benzene rings is 1. The Kier molecular flexibility index (Phi) is 5.30. The van der Waals surface area contributed by atoms with Crippen molar-refractivity contribution < 1.29 is 4.74 Å². The first-order valence-corrected chi connectivity index (χ1v) is 5.60. The number of diazo groups is 1. The molecule has 4 heteroatoms. The lowest BCUT2D eigenvalue weighted by molar-refractivity contribution is 0.223. The van der Waals surface area contributed by atoms with E-state index in [1.54, 1.807) is 24.3 Å². The molecule has 0 N–H and O–H groups in total. The van der Waals surface area contributed by atoms with Crippen LogP contribution in [0.15, 0.2) is 24.3 Å². The Bertz CT molecular complexity index is 338. The Morgan fingerprint density at radius 2 is 1.81 bits per heavy atom. The van der Waals surface area contributed by atoms with Gasteiger partial charge >= 0.3 is 5.69 Å². The summed E-state index contributed by atoms with van der Waals surface area (Å²) >= 11 is 0. The van der Waals surface area contributed by atoms with E-state index >= 15 is 0 Å². The molecule has 1 aromatic rings. The van der Waals surface area contributed by atoms with Gasteiger partial charge in [0.1, 0.15) is 12.4 Å². The van der Waals surface area contributed by atoms with Crippen molar-refractivity contribution in [1.29, 1.82) is 5.39 Å². The van der Waals surface area contributed by atoms with Crippen molar-refractivity contribution in [3.8, 4) is 5.75 Å². The first-order chi connectivity index (χ1) is 7.80. The molecule has 16 heavy (non-hydrogen) atoms. The Balaban J connectivity index is 2.34. The third-order valence-corrected chi connectivity index (χ3v) is 2.52. The number of likely N-dealkylation sites (N-methyl/N-ethyl adjacent to an activating group) is 1. The fourth-order valence-corrected chi connectivity index (χ4v) is 1.44. The van der Waals surface area contributed by atoms with E-state index < -0.39 is 0 Å². The van der Waals surface area contributed by atoms with Gasteiger partial charge in [-0.2, -0.15) is 0 Å². The normalized spacial score (nSPS) is 10.1. The minimum absolute atomic E-state index is 0.538. The number of hydrogen-bond acceptors (Lipinski definition) is 3. The van der Waals surface area contributed by atoms with Crippen LogP contribution in [0.2, 0.25) is 0 Å². The minimum Gasteiger partial charge on any atom is -0.492 e. The summed E-state index contributed by atoms with van der Waals surface area (Å²) in [6.45, 7) is 7.98. The van der Waals surface area contributed by atoms with E-state index in [9.17, 15) is 0 Å². The van der Waals surface area contributed by atoms with Gasteiger partial charge in [-0.25, -0.2) is 0 Å². The van der Waals surface area contributed by atoms with Crippen molar-refractivity contribution >= 4 is 5.69 Å². The maximum atomic E-state index is 8.52. The van der Waals surface area contributed by atoms with E-state index in [0.29, 0.717) is 12.3 Å². The average molecular weight is 220 g/mol. The fourth-order valence-electron chi connectivity index (χ4n) is 1.44. The molecule has 0 heterocycles. The van der Waals surface area contributed by atoms with Gasteiger partial charge in [0.05, 0.1) is 0 Å². The highest BCUT2D eigenvalue weighted by atomic mass is 16.5. The maximum Gasteiger partial charge on any atom is 0.385 e. The van der Waals surface area contributed by atoms with Crippen LogP contribution in [0.4, 0.5) is 5.69 Å². The predicted molar refractivity (Wildman–Crippen MR) is 64.5 cm³/mol. The number of ether oxygens (including phenoxy) is 1. The van der Waals surface area contributed by atoms with Crippen molar-refractivity contribution in [1.82, 2.24) is 4.90 Å². The predicted octanol–water partition coefficient (Wildman–Crippen LogP) is 2.89. The molecule has 0 aliphatic carbocycles. The molecule has 0 radical (unpaired) electrons. The second-order valence-electron chi connectivity index (χ2n) is 3.47. The lowest BCUT2D eigenvalue weighted by atomic mass is 10.3. The third-order valence-electron chi connectivity index (χ3n) is 2.52. The van der Waals surface area contributed by atoms with Crippen molar-refractivity contribution in [3.05, 3.63) is 29.2 Å². The van der Waals surface area contributed by atoms with Gasteiger partial charge in [0.15, 0.2) is 4.98 Å². The second-order valence-corrected chi connectivity index (χ2v) is 3.47. The lowest BCUT2D eigenvalue weighted by Crippen LogP contribution is -2.27. The largest absolute Gasteiger partial charge is 0.492 e. The molecule has 0 aliphatic heterocycles. The smallest absolute Gasteiger partial charge is 0.385 e. The molecule has 0 bridgehead atoms. The molecule has 0 saturated carbocycles. The zero-order valence-electron chi connectivity index (χ0n) is 9.89. The Hall–Kier alpha value is -1.60. The molecule has 1 aromatic carbocycles. The summed E-state index contributed by atoms with van der Waals surface area (Å²) < 4.78 is 5.57. The molecule has 0 atom stereocenters. The fraction of sp³-hybridized carbons (Fsp3) is 0.500. The first kappa shape index (κ1) is 12.5. The number of nitrogens with zero attached hydrogens (tertiary/aromatic N) is 3. The zero-order valence-corrected chi connectivity index (χ0v) is 9.89. The van der Waals surface area contributed by atoms with E-state index in [1.165, 1.54) is 0 Å². The summed E-state index contributed by atoms with van der Waals surface area (Å²) in [6.07, 6.45) is 0. The van der Waals surface area contributed by atoms with Crippen molar-refractivity contribution in [2.24, 2.45) is 0 Å². The van der Waals surface area contributed by atoms with Crippen molar-refractivity contribution in [2.75, 3.05) is 26.2 Å². The monoisotopic (exact) mass is 220 g/mol. The molecular weight excluding hydrogens is 202 g/mol. The second kappa shape index (κ2) is 6.81. The highest BCUT2D eigenvalue weighted by Crippen LogP contribution is 2.17. The molecule has 4 nitrogen and oxygen atoms in total. The van der Waals surface area contributed by atoms with Crippen LogP contribution >= 0.6 is 0 Å². The molecule has 0 aliphatic rings. The van der Waals surface area contributed by atoms with Gasteiger partial charge in [-0.3, -0.25) is 0 Å². The highest BCUT2D eigenvalue weighted by molar-refractivity contribution is 5.46. The van der Waals surface area contributed by atoms with Crippen LogP contribution in [0.1, 0.15) is 13.8 Å². The minimum atomic E-state index is 0.538. The summed E-state index contributed by atoms with van der Waals surface area (Å²) in [4.78, 5) is 5.39. The average Bonchev–Trinajstić information content (AvgIpc) is 2.35. The summed E-state index contributed by atoms with van der Waals surface area (Å²) in [7, 11) is 0. The van der Waals surface area contributed by atoms with Gasteiger partial charge in [0.25, 0.3) is 0 Å². The van der Waals surface area contributed by atoms with Crippen molar-refractivity contribution in [2.45, 2.75) is 13.8 Å². The van der Waals surface area contributed by atoms with E-state index in [1.807, 2.05) is 0 Å². The highest BCUT2D eigenvalue weighted by Gasteiger charge is 2.03. The van der Waals surface area contributed by atoms with Crippen LogP contribution in [0.25, 0.3) is 4.98 Å². The molecular formula is C12H18N3O+. The van der Waals surface area contributed by atoms with Crippen LogP contribution in [-0.4, -0.2) is 31.1 Å². The topological polar surface area (TPSA) is 40.6 Å². The quantitative estimate of drug-likeness (QED) is 0.692. The molecule has 0 aromatic heterocycles. The van der Waals surface area contributed by atoms with Gasteiger partial charge in [-0.05, 0) is 25.2 Å². The third kappa shape index (κ3) is 3.87. The maximum absolute atomic E-state index is 8.52. The molecule has 1 rings (SSSR count). The summed E-state index contributed by atoms with van der Waals surface area (Å²) in [5, 5.41) is 8.52. The van der Waals surface area contributed by atoms with Gasteiger partial charge in [-0.15, -0.1) is 0 Å². The van der Waals surface area contributed by atoms with E-state index in [-0.39, 0.29) is 0 Å². The van der Waals surface area contributed by atoms with Crippen LogP contribution in [-0.2, 0) is 0 Å². The van der Waals surface area contributed by atoms with E-state index in [0.717, 1.165) is 25.4 Å². The molecule has 0 unspecified atom stereocenters. The lowest BCUT2D eigenvalue weighted by Gasteiger charge is -2.17. The molecule has 86 valence electrons. The van der Waals surface area contributed by atoms with E-state index in [4.69, 9.17) is 10.1 Å². The Morgan fingerprint density at radius 3 is 2.31 bits per heavy atom. The first-order valence-electron chi connectivity index (χ1n) is 5.60. The van der Waals surface area contributed by atoms with Crippen LogP contribution in [0.3, 0.4) is 0 Å². The molecule has 0 fully saturated rings. The summed E-state index contributed by atoms with van der Waals surface area (Å²) in [6, 6.07) is 7.04. The van der Waals surface area contributed by atoms with Crippen LogP contribution in [0, 0.1) is 5.39 Å². The standard InChI is InChI=1S/C12H18N3O/c1-3-15(4-2)9-10-16-12-7-5-11(14-13)6-8-12/h5-8H,3-4,9-10H2,1-2H3/q+1. The molecule has 0 spiro atoms. The Labute approximate surface area is 96.5 Å². The van der Waals surface area contributed by atoms with Gasteiger partial charge in [-0.1, -0.05) is 13.8 Å². The summed E-state index contributed by atoms with van der Waals surface area (Å²) in [5.74, 6) is 0.805. The van der Waals surface area contributed by atoms with Gasteiger partial charge < -0.3 is 9.64 Å². The number of hydrogen-bond donors (Lipinski definition) is 0. The van der Waals surface area contributed by atoms with Crippen LogP contribution in [0.5, 0.6) is 5.75 Å². The van der Waals surface area contributed by atoms with Crippen molar-refractivity contribution in [3.63, 3.8) is 0 Å². The van der Waals surface area contributed by atoms with Crippen LogP contribution < -0.4 is 4.74 Å². The van der Waals surface area contributed by atoms with E-state index in [2.05, 4.69) is 23.7 Å².